The number of unbranched alkanes of at least 4 members (excludes halogenated alkanes) is 3. The van der Waals surface area contributed by atoms with Gasteiger partial charge in [-0.3, -0.25) is 9.59 Å². The van der Waals surface area contributed by atoms with Crippen LogP contribution in [0.25, 0.3) is 0 Å². The third kappa shape index (κ3) is 7.25. The summed E-state index contributed by atoms with van der Waals surface area (Å²) in [4.78, 5) is 24.9. The number of hydrogen-bond donors (Lipinski definition) is 3. The predicted molar refractivity (Wildman–Crippen MR) is 107 cm³/mol. The Balaban J connectivity index is 0.00000312. The summed E-state index contributed by atoms with van der Waals surface area (Å²) in [5.74, 6) is -0.214. The Kier molecular flexibility index (Phi) is 9.84. The molecule has 2 amide bonds. The fraction of sp³-hybridized carbons (Fsp3) is 0.333. The topological polar surface area (TPSA) is 84.2 Å². The van der Waals surface area contributed by atoms with E-state index in [1.165, 1.54) is 11.3 Å². The summed E-state index contributed by atoms with van der Waals surface area (Å²) < 4.78 is 0. The number of thiophene rings is 1. The van der Waals surface area contributed by atoms with E-state index in [0.29, 0.717) is 29.2 Å². The van der Waals surface area contributed by atoms with Crippen LogP contribution in [0.1, 0.15) is 41.8 Å². The fourth-order valence-electron chi connectivity index (χ4n) is 2.29. The van der Waals surface area contributed by atoms with Gasteiger partial charge < -0.3 is 16.4 Å². The Morgan fingerprint density at radius 2 is 1.60 bits per heavy atom. The van der Waals surface area contributed by atoms with Gasteiger partial charge in [-0.25, -0.2) is 0 Å². The van der Waals surface area contributed by atoms with Crippen LogP contribution in [-0.2, 0) is 4.79 Å². The molecule has 0 fully saturated rings. The highest BCUT2D eigenvalue weighted by Gasteiger charge is 2.11. The first-order chi connectivity index (χ1) is 11.7. The van der Waals surface area contributed by atoms with E-state index in [0.717, 1.165) is 25.7 Å². The van der Waals surface area contributed by atoms with Crippen LogP contribution in [0.4, 0.5) is 11.4 Å². The largest absolute Gasteiger partial charge is 0.330 e. The normalized spacial score (nSPS) is 9.96. The first-order valence-electron chi connectivity index (χ1n) is 8.14. The SMILES string of the molecule is Cl.NCCCCCCC(=O)Nc1ccccc1NC(=O)c1cccs1. The molecule has 7 heteroatoms. The first-order valence-corrected chi connectivity index (χ1v) is 9.02. The summed E-state index contributed by atoms with van der Waals surface area (Å²) in [7, 11) is 0. The standard InChI is InChI=1S/C18H23N3O2S.ClH/c19-12-6-2-1-3-11-17(22)20-14-8-4-5-9-15(14)21-18(23)16-10-7-13-24-16;/h4-5,7-10,13H,1-3,6,11-12,19H2,(H,20,22)(H,21,23);1H. The number of carbonyl (C=O) groups excluding carboxylic acids is 2. The summed E-state index contributed by atoms with van der Waals surface area (Å²) in [6.07, 6.45) is 4.37. The number of amides is 2. The Bertz CT molecular complexity index is 662. The van der Waals surface area contributed by atoms with E-state index in [2.05, 4.69) is 10.6 Å². The molecule has 1 heterocycles. The summed E-state index contributed by atoms with van der Waals surface area (Å²) in [6, 6.07) is 10.8. The van der Waals surface area contributed by atoms with Gasteiger partial charge >= 0.3 is 0 Å². The van der Waals surface area contributed by atoms with Crippen molar-refractivity contribution in [3.63, 3.8) is 0 Å². The highest BCUT2D eigenvalue weighted by Crippen LogP contribution is 2.23. The molecule has 0 aliphatic heterocycles. The number of rotatable bonds is 9. The summed E-state index contributed by atoms with van der Waals surface area (Å²) in [6.45, 7) is 0.698. The van der Waals surface area contributed by atoms with Gasteiger partial charge in [0.05, 0.1) is 16.3 Å². The van der Waals surface area contributed by atoms with E-state index < -0.39 is 0 Å². The summed E-state index contributed by atoms with van der Waals surface area (Å²) in [5.41, 5.74) is 6.67. The Morgan fingerprint density at radius 3 is 2.24 bits per heavy atom. The maximum absolute atomic E-state index is 12.2. The molecule has 0 saturated heterocycles. The van der Waals surface area contributed by atoms with E-state index >= 15 is 0 Å². The van der Waals surface area contributed by atoms with Crippen LogP contribution in [0.2, 0.25) is 0 Å². The van der Waals surface area contributed by atoms with E-state index in [9.17, 15) is 9.59 Å². The number of nitrogens with two attached hydrogens (primary N) is 1. The van der Waals surface area contributed by atoms with Gasteiger partial charge in [0.1, 0.15) is 0 Å². The lowest BCUT2D eigenvalue weighted by molar-refractivity contribution is -0.116. The second-order valence-corrected chi connectivity index (χ2v) is 6.43. The van der Waals surface area contributed by atoms with Gasteiger partial charge in [-0.1, -0.05) is 31.0 Å². The van der Waals surface area contributed by atoms with Crippen molar-refractivity contribution in [3.8, 4) is 0 Å². The van der Waals surface area contributed by atoms with Crippen LogP contribution in [0.5, 0.6) is 0 Å². The van der Waals surface area contributed by atoms with Crippen LogP contribution >= 0.6 is 23.7 Å². The van der Waals surface area contributed by atoms with E-state index in [1.54, 1.807) is 18.2 Å². The van der Waals surface area contributed by atoms with Crippen molar-refractivity contribution < 1.29 is 9.59 Å². The monoisotopic (exact) mass is 381 g/mol. The highest BCUT2D eigenvalue weighted by atomic mass is 35.5. The molecule has 0 atom stereocenters. The van der Waals surface area contributed by atoms with Gasteiger partial charge in [-0.2, -0.15) is 0 Å². The van der Waals surface area contributed by atoms with Crippen molar-refractivity contribution in [1.82, 2.24) is 0 Å². The van der Waals surface area contributed by atoms with Gasteiger partial charge in [-0.05, 0) is 43.0 Å². The van der Waals surface area contributed by atoms with Crippen LogP contribution in [-0.4, -0.2) is 18.4 Å². The van der Waals surface area contributed by atoms with Crippen molar-refractivity contribution in [1.29, 1.82) is 0 Å². The van der Waals surface area contributed by atoms with E-state index in [4.69, 9.17) is 5.73 Å². The quantitative estimate of drug-likeness (QED) is 0.567. The van der Waals surface area contributed by atoms with Crippen LogP contribution in [0.3, 0.4) is 0 Å². The zero-order valence-corrected chi connectivity index (χ0v) is 15.6. The smallest absolute Gasteiger partial charge is 0.265 e. The predicted octanol–water partition coefficient (Wildman–Crippen LogP) is 4.27. The molecule has 0 aliphatic rings. The molecule has 1 aromatic carbocycles. The minimum absolute atomic E-state index is 0. The molecular weight excluding hydrogens is 358 g/mol. The molecule has 0 saturated carbocycles. The summed E-state index contributed by atoms with van der Waals surface area (Å²) >= 11 is 1.38. The number of halogens is 1. The zero-order valence-electron chi connectivity index (χ0n) is 14.0. The van der Waals surface area contributed by atoms with Crippen molar-refractivity contribution >= 4 is 46.9 Å². The third-order valence-electron chi connectivity index (χ3n) is 3.55. The van der Waals surface area contributed by atoms with Gasteiger partial charge in [0, 0.05) is 6.42 Å². The van der Waals surface area contributed by atoms with Crippen molar-refractivity contribution in [2.45, 2.75) is 32.1 Å². The Hall–Kier alpha value is -1.89. The summed E-state index contributed by atoms with van der Waals surface area (Å²) in [5, 5.41) is 7.58. The molecular formula is C18H24ClN3O2S. The minimum Gasteiger partial charge on any atom is -0.330 e. The number of benzene rings is 1. The number of anilines is 2. The molecule has 2 rings (SSSR count). The van der Waals surface area contributed by atoms with Crippen LogP contribution in [0.15, 0.2) is 41.8 Å². The van der Waals surface area contributed by atoms with Crippen LogP contribution < -0.4 is 16.4 Å². The molecule has 0 bridgehead atoms. The molecule has 2 aromatic rings. The van der Waals surface area contributed by atoms with Gasteiger partial charge in [0.25, 0.3) is 5.91 Å². The average molecular weight is 382 g/mol. The molecule has 1 aromatic heterocycles. The van der Waals surface area contributed by atoms with Gasteiger partial charge in [0.2, 0.25) is 5.91 Å². The molecule has 0 spiro atoms. The number of para-hydroxylation sites is 2. The molecule has 0 unspecified atom stereocenters. The van der Waals surface area contributed by atoms with Crippen molar-refractivity contribution in [2.75, 3.05) is 17.2 Å². The molecule has 0 radical (unpaired) electrons. The number of hydrogen-bond acceptors (Lipinski definition) is 4. The minimum atomic E-state index is -0.173. The third-order valence-corrected chi connectivity index (χ3v) is 4.42. The van der Waals surface area contributed by atoms with E-state index in [1.807, 2.05) is 23.6 Å². The molecule has 136 valence electrons. The number of carbonyl (C=O) groups is 2. The Labute approximate surface area is 158 Å². The van der Waals surface area contributed by atoms with Gasteiger partial charge in [-0.15, -0.1) is 23.7 Å². The second kappa shape index (κ2) is 11.6. The highest BCUT2D eigenvalue weighted by molar-refractivity contribution is 7.12. The average Bonchev–Trinajstić information content (AvgIpc) is 3.11. The second-order valence-electron chi connectivity index (χ2n) is 5.48. The first kappa shape index (κ1) is 21.2. The number of nitrogens with one attached hydrogen (secondary N) is 2. The van der Waals surface area contributed by atoms with Crippen LogP contribution in [0, 0.1) is 0 Å². The molecule has 4 N–H and O–H groups in total. The maximum atomic E-state index is 12.2. The maximum Gasteiger partial charge on any atom is 0.265 e. The van der Waals surface area contributed by atoms with Gasteiger partial charge in [0.15, 0.2) is 0 Å². The lowest BCUT2D eigenvalue weighted by atomic mass is 10.1. The van der Waals surface area contributed by atoms with Crippen molar-refractivity contribution in [3.05, 3.63) is 46.7 Å². The molecule has 0 aliphatic carbocycles. The fourth-order valence-corrected chi connectivity index (χ4v) is 2.91. The molecule has 25 heavy (non-hydrogen) atoms. The Morgan fingerprint density at radius 1 is 0.920 bits per heavy atom. The van der Waals surface area contributed by atoms with Crippen molar-refractivity contribution in [2.24, 2.45) is 5.73 Å². The zero-order chi connectivity index (χ0) is 17.2. The van der Waals surface area contributed by atoms with E-state index in [-0.39, 0.29) is 24.2 Å². The lowest BCUT2D eigenvalue weighted by Gasteiger charge is -2.12. The lowest BCUT2D eigenvalue weighted by Crippen LogP contribution is -2.15. The molecule has 5 nitrogen and oxygen atoms in total.